The van der Waals surface area contributed by atoms with Crippen LogP contribution in [0.5, 0.6) is 5.75 Å². The van der Waals surface area contributed by atoms with E-state index in [0.717, 1.165) is 69.1 Å². The number of nitrogens with zero attached hydrogens (tertiary/aromatic N) is 1. The molecule has 1 atom stereocenters. The number of hydrogen-bond acceptors (Lipinski definition) is 9. The Hall–Kier alpha value is -6.75. The Morgan fingerprint density at radius 2 is 1.56 bits per heavy atom. The maximum Gasteiger partial charge on any atom is 0.430 e. The number of aromatic amines is 1. The number of ether oxygens (including phenoxy) is 1. The number of aromatic hydroxyl groups is 1. The molecule has 16 heteroatoms. The number of carbonyl (C=O) groups is 3. The minimum Gasteiger partial charge on any atom is -0.542 e. The number of quaternary nitrogens is 1. The molecular weight excluding hydrogens is 832 g/mol. The number of carbonyl (C=O) groups excluding carboxylic acids is 3. The summed E-state index contributed by atoms with van der Waals surface area (Å²) in [5, 5.41) is 41.8. The molecule has 0 bridgehead atoms. The summed E-state index contributed by atoms with van der Waals surface area (Å²) in [4.78, 5) is 49.2. The molecule has 1 aromatic heterocycles. The first-order valence-corrected chi connectivity index (χ1v) is 20.8. The molecule has 1 fully saturated rings. The molecule has 1 saturated heterocycles. The number of carboxylic acid groups (broad SMARTS) is 1. The molecule has 6 N–H and O–H groups in total. The van der Waals surface area contributed by atoms with Crippen LogP contribution in [0.3, 0.4) is 0 Å². The molecular formula is C48H50F3N5O8. The van der Waals surface area contributed by atoms with Crippen molar-refractivity contribution >= 4 is 51.0 Å². The highest BCUT2D eigenvalue weighted by molar-refractivity contribution is 5.95. The number of anilines is 2. The van der Waals surface area contributed by atoms with Gasteiger partial charge in [-0.2, -0.15) is 13.2 Å². The van der Waals surface area contributed by atoms with Gasteiger partial charge in [-0.25, -0.2) is 4.79 Å². The highest BCUT2D eigenvalue weighted by Crippen LogP contribution is 2.31. The topological polar surface area (TPSA) is 193 Å². The number of likely N-dealkylation sites (tertiary alicyclic amines) is 1. The number of fused-ring (bicyclic) bond motifs is 2. The molecule has 13 nitrogen and oxygen atoms in total. The molecule has 0 radical (unpaired) electrons. The Kier molecular flexibility index (Phi) is 15.1. The first-order valence-electron chi connectivity index (χ1n) is 20.8. The number of benzene rings is 5. The highest BCUT2D eigenvalue weighted by atomic mass is 19.4. The second-order valence-electron chi connectivity index (χ2n) is 16.4. The largest absolute Gasteiger partial charge is 0.542 e. The van der Waals surface area contributed by atoms with E-state index in [1.54, 1.807) is 12.1 Å². The number of aliphatic hydroxyl groups is 1. The summed E-state index contributed by atoms with van der Waals surface area (Å²) < 4.78 is 38.3. The number of H-pyrrole nitrogens is 1. The molecule has 0 aliphatic carbocycles. The minimum atomic E-state index is -5.19. The number of aryl methyl sites for hydroxylation is 1. The maximum absolute atomic E-state index is 13.1. The number of alkyl halides is 3. The van der Waals surface area contributed by atoms with E-state index in [0.29, 0.717) is 48.0 Å². The van der Waals surface area contributed by atoms with Crippen LogP contribution in [0.2, 0.25) is 0 Å². The molecule has 5 aromatic carbocycles. The van der Waals surface area contributed by atoms with Gasteiger partial charge in [0.25, 0.3) is 0 Å². The number of phenolic OH excluding ortho intramolecular Hbond substituents is 1. The predicted molar refractivity (Wildman–Crippen MR) is 236 cm³/mol. The number of hydrogen-bond donors (Lipinski definition) is 6. The van der Waals surface area contributed by atoms with Gasteiger partial charge < -0.3 is 45.0 Å². The van der Waals surface area contributed by atoms with Crippen LogP contribution in [0.4, 0.5) is 29.3 Å². The predicted octanol–water partition coefficient (Wildman–Crippen LogP) is 6.92. The number of aliphatic carboxylic acids is 1. The number of carboxylic acids is 1. The van der Waals surface area contributed by atoms with Gasteiger partial charge in [-0.3, -0.25) is 14.9 Å². The van der Waals surface area contributed by atoms with Crippen LogP contribution in [0.1, 0.15) is 48.5 Å². The van der Waals surface area contributed by atoms with E-state index in [4.69, 9.17) is 14.6 Å². The zero-order valence-electron chi connectivity index (χ0n) is 35.3. The van der Waals surface area contributed by atoms with Gasteiger partial charge in [-0.15, -0.1) is 0 Å². The quantitative estimate of drug-likeness (QED) is 0.0668. The van der Waals surface area contributed by atoms with Crippen molar-refractivity contribution in [1.29, 1.82) is 0 Å². The Bertz CT molecular complexity index is 2660. The summed E-state index contributed by atoms with van der Waals surface area (Å²) in [5.74, 6) is -3.12. The summed E-state index contributed by atoms with van der Waals surface area (Å²) >= 11 is 0. The summed E-state index contributed by atoms with van der Waals surface area (Å²) in [6.45, 7) is 2.74. The van der Waals surface area contributed by atoms with Crippen molar-refractivity contribution in [3.05, 3.63) is 136 Å². The van der Waals surface area contributed by atoms with Crippen LogP contribution < -0.4 is 26.6 Å². The smallest absolute Gasteiger partial charge is 0.430 e. The Labute approximate surface area is 367 Å². The number of phenols is 1. The number of rotatable bonds is 13. The van der Waals surface area contributed by atoms with E-state index in [1.165, 1.54) is 12.1 Å². The summed E-state index contributed by atoms with van der Waals surface area (Å²) in [6, 6.07) is 34.0. The van der Waals surface area contributed by atoms with Gasteiger partial charge in [-0.05, 0) is 82.3 Å². The van der Waals surface area contributed by atoms with Crippen molar-refractivity contribution in [3.63, 3.8) is 0 Å². The van der Waals surface area contributed by atoms with Crippen molar-refractivity contribution in [3.8, 4) is 16.9 Å². The average Bonchev–Trinajstić information content (AvgIpc) is 3.25. The number of amides is 2. The van der Waals surface area contributed by atoms with Crippen LogP contribution in [0.15, 0.2) is 114 Å². The van der Waals surface area contributed by atoms with Crippen LogP contribution in [-0.2, 0) is 27.3 Å². The molecule has 336 valence electrons. The Morgan fingerprint density at radius 3 is 2.28 bits per heavy atom. The van der Waals surface area contributed by atoms with Crippen molar-refractivity contribution in [2.75, 3.05) is 44.4 Å². The van der Waals surface area contributed by atoms with Gasteiger partial charge in [0, 0.05) is 55.1 Å². The van der Waals surface area contributed by atoms with E-state index in [2.05, 4.69) is 47.2 Å². The Balaban J connectivity index is 0.000000898. The molecule has 2 heterocycles. The first-order chi connectivity index (χ1) is 30.4. The number of nitrogens with one attached hydrogen (secondary N) is 4. The lowest BCUT2D eigenvalue weighted by atomic mass is 9.99. The summed E-state index contributed by atoms with van der Waals surface area (Å²) in [6.07, 6.45) is -3.26. The second-order valence-corrected chi connectivity index (χ2v) is 16.4. The van der Waals surface area contributed by atoms with Crippen molar-refractivity contribution in [2.45, 2.75) is 57.0 Å². The Morgan fingerprint density at radius 1 is 0.875 bits per heavy atom. The average molecular weight is 882 g/mol. The van der Waals surface area contributed by atoms with E-state index >= 15 is 0 Å². The lowest BCUT2D eigenvalue weighted by Crippen LogP contribution is -2.48. The van der Waals surface area contributed by atoms with Crippen molar-refractivity contribution in [1.82, 2.24) is 10.3 Å². The SMILES string of the molecule is C[N+]1(C)CCC(OC(=O)Nc2cc(CCCC(=O)Nc3ccc4cc(CNC[C@H](O)c5ccc(O)c6[nH]c(=O)ccc56)ccc4c3)ccc2-c2ccccc2)CC1.O=C([O-])C(F)(F)F. The van der Waals surface area contributed by atoms with Gasteiger partial charge in [0.05, 0.1) is 44.5 Å². The van der Waals surface area contributed by atoms with E-state index in [9.17, 15) is 37.8 Å². The van der Waals surface area contributed by atoms with Gasteiger partial charge in [-0.1, -0.05) is 66.7 Å². The fourth-order valence-corrected chi connectivity index (χ4v) is 7.54. The first kappa shape index (κ1) is 46.7. The normalized spacial score (nSPS) is 14.3. The zero-order chi connectivity index (χ0) is 46.0. The fraction of sp³-hybridized carbons (Fsp3) is 0.292. The van der Waals surface area contributed by atoms with Crippen LogP contribution >= 0.6 is 0 Å². The molecule has 7 rings (SSSR count). The molecule has 0 unspecified atom stereocenters. The van der Waals surface area contributed by atoms with Gasteiger partial charge in [0.2, 0.25) is 11.5 Å². The summed E-state index contributed by atoms with van der Waals surface area (Å²) in [5.41, 5.74) is 5.96. The monoisotopic (exact) mass is 881 g/mol. The van der Waals surface area contributed by atoms with Gasteiger partial charge in [0.1, 0.15) is 17.8 Å². The molecule has 64 heavy (non-hydrogen) atoms. The highest BCUT2D eigenvalue weighted by Gasteiger charge is 2.29. The summed E-state index contributed by atoms with van der Waals surface area (Å²) in [7, 11) is 4.40. The minimum absolute atomic E-state index is 0.0471. The van der Waals surface area contributed by atoms with Crippen molar-refractivity contribution in [2.24, 2.45) is 0 Å². The standard InChI is InChI=1S/C46H49N5O6.C2HF3O2/c1-51(2)23-21-36(22-24-51)57-46(56)49-40-26-30(12-16-37(40)32-8-4-3-5-9-32)7-6-10-43(54)48-35-15-14-33-25-31(11-13-34(33)27-35)28-47-29-42(53)38-17-19-41(52)45-39(38)18-20-44(55)50-45;3-2(4,5)1(6)7/h3-5,8-9,11-20,25-27,36,42,47,53H,6-7,10,21-24,28-29H2,1-2H3,(H3-,48,49,50,52,54,55,56);(H,6,7)/t42-;/m0./s1. The van der Waals surface area contributed by atoms with Crippen molar-refractivity contribution < 1.29 is 52.1 Å². The molecule has 1 aliphatic heterocycles. The molecule has 6 aromatic rings. The maximum atomic E-state index is 13.1. The van der Waals surface area contributed by atoms with E-state index in [-0.39, 0.29) is 29.9 Å². The van der Waals surface area contributed by atoms with Gasteiger partial charge in [0.15, 0.2) is 0 Å². The third kappa shape index (κ3) is 12.9. The zero-order valence-corrected chi connectivity index (χ0v) is 35.3. The van der Waals surface area contributed by atoms with Crippen LogP contribution in [0.25, 0.3) is 32.8 Å². The number of halogens is 3. The fourth-order valence-electron chi connectivity index (χ4n) is 7.54. The number of aromatic nitrogens is 1. The number of piperidine rings is 1. The van der Waals surface area contributed by atoms with E-state index < -0.39 is 24.3 Å². The van der Waals surface area contributed by atoms with E-state index in [1.807, 2.05) is 72.8 Å². The molecule has 2 amide bonds. The molecule has 1 aliphatic rings. The lowest BCUT2D eigenvalue weighted by Gasteiger charge is -2.36. The second kappa shape index (κ2) is 20.6. The number of pyridine rings is 1. The third-order valence-electron chi connectivity index (χ3n) is 11.0. The number of aliphatic hydroxyl groups excluding tert-OH is 1. The van der Waals surface area contributed by atoms with Crippen LogP contribution in [0, 0.1) is 0 Å². The lowest BCUT2D eigenvalue weighted by molar-refractivity contribution is -0.896. The van der Waals surface area contributed by atoms with Gasteiger partial charge >= 0.3 is 12.3 Å². The molecule has 0 spiro atoms. The molecule has 0 saturated carbocycles. The van der Waals surface area contributed by atoms with Crippen LogP contribution in [-0.4, -0.2) is 83.7 Å². The third-order valence-corrected chi connectivity index (χ3v) is 11.0.